The Morgan fingerprint density at radius 1 is 1.14 bits per heavy atom. The molecule has 0 unspecified atom stereocenters. The minimum atomic E-state index is 0.743. The normalized spacial score (nSPS) is 10.4. The third kappa shape index (κ3) is 1.25. The average molecular weight is 188 g/mol. The van der Waals surface area contributed by atoms with E-state index < -0.39 is 0 Å². The van der Waals surface area contributed by atoms with Crippen LogP contribution in [0.3, 0.4) is 0 Å². The first-order valence-corrected chi connectivity index (χ1v) is 4.41. The van der Waals surface area contributed by atoms with Gasteiger partial charge in [-0.3, -0.25) is 4.57 Å². The molecule has 0 saturated heterocycles. The Labute approximate surface area is 82.4 Å². The summed E-state index contributed by atoms with van der Waals surface area (Å²) in [6, 6.07) is 3.91. The minimum Gasteiger partial charge on any atom is -0.397 e. The molecule has 0 radical (unpaired) electrons. The van der Waals surface area contributed by atoms with Gasteiger partial charge in [-0.05, 0) is 31.0 Å². The summed E-state index contributed by atoms with van der Waals surface area (Å²) in [7, 11) is 0. The highest BCUT2D eigenvalue weighted by atomic mass is 15.2. The van der Waals surface area contributed by atoms with Gasteiger partial charge < -0.3 is 5.73 Å². The van der Waals surface area contributed by atoms with E-state index in [9.17, 15) is 0 Å². The number of hydrogen-bond donors (Lipinski definition) is 1. The maximum atomic E-state index is 5.91. The summed E-state index contributed by atoms with van der Waals surface area (Å²) in [6.45, 7) is 4.10. The predicted octanol–water partition coefficient (Wildman–Crippen LogP) is 1.47. The zero-order valence-corrected chi connectivity index (χ0v) is 8.23. The van der Waals surface area contributed by atoms with Crippen LogP contribution < -0.4 is 5.73 Å². The van der Waals surface area contributed by atoms with E-state index in [1.807, 2.05) is 23.6 Å². The molecule has 1 aromatic heterocycles. The molecule has 2 aromatic rings. The van der Waals surface area contributed by atoms with Gasteiger partial charge in [0, 0.05) is 0 Å². The molecule has 0 aliphatic rings. The maximum absolute atomic E-state index is 5.91. The molecule has 72 valence electrons. The van der Waals surface area contributed by atoms with Gasteiger partial charge in [0.15, 0.2) is 0 Å². The lowest BCUT2D eigenvalue weighted by atomic mass is 10.1. The van der Waals surface area contributed by atoms with Crippen LogP contribution >= 0.6 is 0 Å². The molecule has 0 fully saturated rings. The number of nitrogen functional groups attached to an aromatic ring is 1. The molecule has 0 atom stereocenters. The first-order chi connectivity index (χ1) is 6.70. The number of aromatic nitrogens is 3. The summed E-state index contributed by atoms with van der Waals surface area (Å²) < 4.78 is 1.83. The maximum Gasteiger partial charge on any atom is 0.123 e. The molecule has 0 bridgehead atoms. The second kappa shape index (κ2) is 3.14. The number of rotatable bonds is 1. The van der Waals surface area contributed by atoms with E-state index in [0.717, 1.165) is 16.9 Å². The van der Waals surface area contributed by atoms with Crippen molar-refractivity contribution in [3.8, 4) is 5.69 Å². The number of nitrogens with two attached hydrogens (primary N) is 1. The van der Waals surface area contributed by atoms with Gasteiger partial charge in [-0.2, -0.15) is 0 Å². The molecule has 14 heavy (non-hydrogen) atoms. The van der Waals surface area contributed by atoms with E-state index >= 15 is 0 Å². The van der Waals surface area contributed by atoms with E-state index in [0.29, 0.717) is 0 Å². The van der Waals surface area contributed by atoms with E-state index in [2.05, 4.69) is 17.1 Å². The van der Waals surface area contributed by atoms with Crippen LogP contribution in [0.1, 0.15) is 11.1 Å². The molecule has 4 heteroatoms. The quantitative estimate of drug-likeness (QED) is 0.689. The fourth-order valence-corrected chi connectivity index (χ4v) is 1.48. The zero-order valence-electron chi connectivity index (χ0n) is 8.23. The summed E-state index contributed by atoms with van der Waals surface area (Å²) in [4.78, 5) is 0. The molecule has 0 aliphatic carbocycles. The third-order valence-electron chi connectivity index (χ3n) is 2.41. The molecule has 4 nitrogen and oxygen atoms in total. The Balaban J connectivity index is 2.69. The highest BCUT2D eigenvalue weighted by molar-refractivity contribution is 5.63. The third-order valence-corrected chi connectivity index (χ3v) is 2.41. The van der Waals surface area contributed by atoms with Gasteiger partial charge in [0.25, 0.3) is 0 Å². The summed E-state index contributed by atoms with van der Waals surface area (Å²) >= 11 is 0. The van der Waals surface area contributed by atoms with Crippen molar-refractivity contribution in [1.29, 1.82) is 0 Å². The lowest BCUT2D eigenvalue weighted by molar-refractivity contribution is 1.03. The Morgan fingerprint density at radius 3 is 2.43 bits per heavy atom. The summed E-state index contributed by atoms with van der Waals surface area (Å²) in [6.07, 6.45) is 3.30. The van der Waals surface area contributed by atoms with Crippen LogP contribution in [0.5, 0.6) is 0 Å². The van der Waals surface area contributed by atoms with Gasteiger partial charge in [0.2, 0.25) is 0 Å². The number of anilines is 1. The van der Waals surface area contributed by atoms with Gasteiger partial charge >= 0.3 is 0 Å². The monoisotopic (exact) mass is 188 g/mol. The standard InChI is InChI=1S/C10H12N4/c1-7-3-4-9(11)10(8(7)2)14-5-12-13-6-14/h3-6H,11H2,1-2H3. The van der Waals surface area contributed by atoms with Gasteiger partial charge in [0.1, 0.15) is 12.7 Å². The van der Waals surface area contributed by atoms with Gasteiger partial charge in [-0.1, -0.05) is 6.07 Å². The van der Waals surface area contributed by atoms with Gasteiger partial charge in [-0.15, -0.1) is 10.2 Å². The smallest absolute Gasteiger partial charge is 0.123 e. The van der Waals surface area contributed by atoms with Crippen molar-refractivity contribution in [1.82, 2.24) is 14.8 Å². The van der Waals surface area contributed by atoms with Crippen molar-refractivity contribution in [3.63, 3.8) is 0 Å². The molecular formula is C10H12N4. The highest BCUT2D eigenvalue weighted by Crippen LogP contribution is 2.23. The number of aryl methyl sites for hydroxylation is 1. The van der Waals surface area contributed by atoms with Crippen LogP contribution in [0.15, 0.2) is 24.8 Å². The largest absolute Gasteiger partial charge is 0.397 e. The van der Waals surface area contributed by atoms with Crippen molar-refractivity contribution in [2.45, 2.75) is 13.8 Å². The van der Waals surface area contributed by atoms with Crippen LogP contribution in [0.25, 0.3) is 5.69 Å². The van der Waals surface area contributed by atoms with Gasteiger partial charge in [0.05, 0.1) is 11.4 Å². The average Bonchev–Trinajstić information content (AvgIpc) is 2.65. The molecule has 1 heterocycles. The molecule has 2 rings (SSSR count). The zero-order chi connectivity index (χ0) is 10.1. The molecule has 2 N–H and O–H groups in total. The Kier molecular flexibility index (Phi) is 1.96. The Morgan fingerprint density at radius 2 is 1.79 bits per heavy atom. The highest BCUT2D eigenvalue weighted by Gasteiger charge is 2.07. The van der Waals surface area contributed by atoms with Crippen molar-refractivity contribution in [2.75, 3.05) is 5.73 Å². The molecule has 0 saturated carbocycles. The van der Waals surface area contributed by atoms with E-state index in [-0.39, 0.29) is 0 Å². The van der Waals surface area contributed by atoms with Crippen molar-refractivity contribution in [3.05, 3.63) is 35.9 Å². The fourth-order valence-electron chi connectivity index (χ4n) is 1.48. The second-order valence-corrected chi connectivity index (χ2v) is 3.31. The summed E-state index contributed by atoms with van der Waals surface area (Å²) in [5.74, 6) is 0. The van der Waals surface area contributed by atoms with Crippen LogP contribution in [0.2, 0.25) is 0 Å². The Bertz CT molecular complexity index is 445. The molecule has 0 aliphatic heterocycles. The van der Waals surface area contributed by atoms with Crippen LogP contribution in [0, 0.1) is 13.8 Å². The summed E-state index contributed by atoms with van der Waals surface area (Å²) in [5, 5.41) is 7.54. The second-order valence-electron chi connectivity index (χ2n) is 3.31. The number of nitrogens with zero attached hydrogens (tertiary/aromatic N) is 3. The molecule has 1 aromatic carbocycles. The number of benzene rings is 1. The Hall–Kier alpha value is -1.84. The van der Waals surface area contributed by atoms with Crippen molar-refractivity contribution >= 4 is 5.69 Å². The lowest BCUT2D eigenvalue weighted by Crippen LogP contribution is -2.01. The predicted molar refractivity (Wildman–Crippen MR) is 55.2 cm³/mol. The first kappa shape index (κ1) is 8.74. The van der Waals surface area contributed by atoms with E-state index in [1.165, 1.54) is 5.56 Å². The molecular weight excluding hydrogens is 176 g/mol. The fraction of sp³-hybridized carbons (Fsp3) is 0.200. The van der Waals surface area contributed by atoms with Gasteiger partial charge in [-0.25, -0.2) is 0 Å². The van der Waals surface area contributed by atoms with Crippen molar-refractivity contribution < 1.29 is 0 Å². The number of hydrogen-bond acceptors (Lipinski definition) is 3. The topological polar surface area (TPSA) is 56.7 Å². The summed E-state index contributed by atoms with van der Waals surface area (Å²) in [5.41, 5.74) is 9.98. The van der Waals surface area contributed by atoms with Crippen LogP contribution in [-0.4, -0.2) is 14.8 Å². The lowest BCUT2D eigenvalue weighted by Gasteiger charge is -2.11. The first-order valence-electron chi connectivity index (χ1n) is 4.41. The minimum absolute atomic E-state index is 0.743. The van der Waals surface area contributed by atoms with Crippen molar-refractivity contribution in [2.24, 2.45) is 0 Å². The van der Waals surface area contributed by atoms with E-state index in [4.69, 9.17) is 5.73 Å². The SMILES string of the molecule is Cc1ccc(N)c(-n2cnnc2)c1C. The van der Waals surface area contributed by atoms with Crippen LogP contribution in [-0.2, 0) is 0 Å². The van der Waals surface area contributed by atoms with E-state index in [1.54, 1.807) is 12.7 Å². The molecule has 0 spiro atoms. The molecule has 0 amide bonds. The van der Waals surface area contributed by atoms with Crippen LogP contribution in [0.4, 0.5) is 5.69 Å².